The van der Waals surface area contributed by atoms with Crippen molar-refractivity contribution in [3.8, 4) is 0 Å². The van der Waals surface area contributed by atoms with Gasteiger partial charge in [-0.1, -0.05) is 34.1 Å². The molecule has 0 aromatic heterocycles. The highest BCUT2D eigenvalue weighted by Crippen LogP contribution is 2.19. The fourth-order valence-electron chi connectivity index (χ4n) is 3.13. The van der Waals surface area contributed by atoms with E-state index in [1.54, 1.807) is 36.1 Å². The third kappa shape index (κ3) is 4.08. The number of hydrogen-bond acceptors (Lipinski definition) is 3. The fraction of sp³-hybridized carbons (Fsp3) is 0.250. The first kappa shape index (κ1) is 19.2. The Balaban J connectivity index is 1.70. The summed E-state index contributed by atoms with van der Waals surface area (Å²) in [5.74, 6) is -2.49. The fourth-order valence-corrected chi connectivity index (χ4v) is 3.46. The SMILES string of the molecule is CC1CN(C(=O)c2ccccc2)CCN1C(=O)C(=O)c1ccc(Br)cc1F. The number of hydrogen-bond donors (Lipinski definition) is 0. The molecular formula is C20H18BrFN2O3. The molecule has 7 heteroatoms. The summed E-state index contributed by atoms with van der Waals surface area (Å²) in [5.41, 5.74) is 0.329. The van der Waals surface area contributed by atoms with E-state index in [1.165, 1.54) is 17.0 Å². The Hall–Kier alpha value is -2.54. The molecule has 1 fully saturated rings. The van der Waals surface area contributed by atoms with Crippen LogP contribution in [0.1, 0.15) is 27.6 Å². The molecule has 1 atom stereocenters. The largest absolute Gasteiger partial charge is 0.335 e. The van der Waals surface area contributed by atoms with Crippen molar-refractivity contribution in [2.24, 2.45) is 0 Å². The number of carbonyl (C=O) groups is 3. The molecule has 140 valence electrons. The van der Waals surface area contributed by atoms with Crippen molar-refractivity contribution in [1.29, 1.82) is 0 Å². The number of nitrogens with zero attached hydrogens (tertiary/aromatic N) is 2. The summed E-state index contributed by atoms with van der Waals surface area (Å²) in [6, 6.07) is 12.5. The summed E-state index contributed by atoms with van der Waals surface area (Å²) in [7, 11) is 0. The second-order valence-electron chi connectivity index (χ2n) is 6.42. The first-order chi connectivity index (χ1) is 12.9. The van der Waals surface area contributed by atoms with Gasteiger partial charge in [0.25, 0.3) is 17.6 Å². The summed E-state index contributed by atoms with van der Waals surface area (Å²) >= 11 is 3.12. The van der Waals surface area contributed by atoms with E-state index >= 15 is 0 Å². The van der Waals surface area contributed by atoms with E-state index in [-0.39, 0.29) is 24.1 Å². The first-order valence-electron chi connectivity index (χ1n) is 8.53. The van der Waals surface area contributed by atoms with E-state index in [4.69, 9.17) is 0 Å². The minimum atomic E-state index is -0.880. The number of halogens is 2. The number of Topliss-reactive ketones (excluding diaryl/α,β-unsaturated/α-hetero) is 1. The van der Waals surface area contributed by atoms with Gasteiger partial charge in [0.05, 0.1) is 5.56 Å². The van der Waals surface area contributed by atoms with Crippen molar-refractivity contribution in [3.63, 3.8) is 0 Å². The second kappa shape index (κ2) is 8.00. The van der Waals surface area contributed by atoms with Gasteiger partial charge in [-0.3, -0.25) is 14.4 Å². The second-order valence-corrected chi connectivity index (χ2v) is 7.33. The van der Waals surface area contributed by atoms with Gasteiger partial charge in [0.1, 0.15) is 5.82 Å². The zero-order chi connectivity index (χ0) is 19.6. The Morgan fingerprint density at radius 2 is 1.78 bits per heavy atom. The topological polar surface area (TPSA) is 57.7 Å². The average molecular weight is 433 g/mol. The van der Waals surface area contributed by atoms with E-state index in [2.05, 4.69) is 15.9 Å². The predicted octanol–water partition coefficient (Wildman–Crippen LogP) is 3.14. The Kier molecular flexibility index (Phi) is 5.70. The number of amides is 2. The highest BCUT2D eigenvalue weighted by Gasteiger charge is 2.34. The van der Waals surface area contributed by atoms with Crippen LogP contribution < -0.4 is 0 Å². The third-order valence-electron chi connectivity index (χ3n) is 4.57. The predicted molar refractivity (Wildman–Crippen MR) is 102 cm³/mol. The van der Waals surface area contributed by atoms with Gasteiger partial charge >= 0.3 is 0 Å². The molecule has 0 bridgehead atoms. The molecule has 2 aromatic carbocycles. The summed E-state index contributed by atoms with van der Waals surface area (Å²) in [4.78, 5) is 40.6. The van der Waals surface area contributed by atoms with Crippen molar-refractivity contribution >= 4 is 33.5 Å². The Labute approximate surface area is 164 Å². The van der Waals surface area contributed by atoms with E-state index in [9.17, 15) is 18.8 Å². The van der Waals surface area contributed by atoms with Crippen molar-refractivity contribution in [1.82, 2.24) is 9.80 Å². The van der Waals surface area contributed by atoms with Crippen molar-refractivity contribution in [3.05, 3.63) is 69.9 Å². The minimum absolute atomic E-state index is 0.111. The number of ketones is 1. The molecule has 2 aromatic rings. The van der Waals surface area contributed by atoms with Gasteiger partial charge in [0, 0.05) is 35.7 Å². The maximum atomic E-state index is 14.0. The van der Waals surface area contributed by atoms with E-state index in [1.807, 2.05) is 6.07 Å². The molecule has 2 amide bonds. The zero-order valence-corrected chi connectivity index (χ0v) is 16.3. The Morgan fingerprint density at radius 1 is 1.07 bits per heavy atom. The molecule has 0 saturated carbocycles. The van der Waals surface area contributed by atoms with Crippen LogP contribution in [0.3, 0.4) is 0 Å². The number of rotatable bonds is 3. The molecule has 0 spiro atoms. The van der Waals surface area contributed by atoms with Crippen LogP contribution in [0.5, 0.6) is 0 Å². The molecule has 0 radical (unpaired) electrons. The summed E-state index contributed by atoms with van der Waals surface area (Å²) in [5, 5.41) is 0. The first-order valence-corrected chi connectivity index (χ1v) is 9.32. The van der Waals surface area contributed by atoms with Crippen LogP contribution in [0.2, 0.25) is 0 Å². The smallest absolute Gasteiger partial charge is 0.295 e. The van der Waals surface area contributed by atoms with Gasteiger partial charge in [-0.15, -0.1) is 0 Å². The molecule has 5 nitrogen and oxygen atoms in total. The van der Waals surface area contributed by atoms with Gasteiger partial charge in [0.15, 0.2) is 0 Å². The average Bonchev–Trinajstić information content (AvgIpc) is 2.67. The number of carbonyl (C=O) groups excluding carboxylic acids is 3. The van der Waals surface area contributed by atoms with Crippen LogP contribution in [0.15, 0.2) is 53.0 Å². The highest BCUT2D eigenvalue weighted by molar-refractivity contribution is 9.10. The quantitative estimate of drug-likeness (QED) is 0.552. The van der Waals surface area contributed by atoms with Gasteiger partial charge < -0.3 is 9.80 Å². The van der Waals surface area contributed by atoms with E-state index in [0.717, 1.165) is 6.07 Å². The minimum Gasteiger partial charge on any atom is -0.335 e. The molecule has 1 aliphatic rings. The molecule has 3 rings (SSSR count). The lowest BCUT2D eigenvalue weighted by atomic mass is 10.1. The monoisotopic (exact) mass is 432 g/mol. The zero-order valence-electron chi connectivity index (χ0n) is 14.7. The lowest BCUT2D eigenvalue weighted by Crippen LogP contribution is -2.56. The lowest BCUT2D eigenvalue weighted by molar-refractivity contribution is -0.130. The van der Waals surface area contributed by atoms with Crippen LogP contribution in [0, 0.1) is 5.82 Å². The molecular weight excluding hydrogens is 415 g/mol. The van der Waals surface area contributed by atoms with Crippen LogP contribution in [-0.4, -0.2) is 53.1 Å². The standard InChI is InChI=1S/C20H18BrFN2O3/c1-13-12-23(19(26)14-5-3-2-4-6-14)9-10-24(13)20(27)18(25)16-8-7-15(21)11-17(16)22/h2-8,11,13H,9-10,12H2,1H3. The van der Waals surface area contributed by atoms with Crippen molar-refractivity contribution in [2.45, 2.75) is 13.0 Å². The van der Waals surface area contributed by atoms with Gasteiger partial charge in [-0.25, -0.2) is 4.39 Å². The maximum absolute atomic E-state index is 14.0. The molecule has 1 aliphatic heterocycles. The Morgan fingerprint density at radius 3 is 2.41 bits per heavy atom. The third-order valence-corrected chi connectivity index (χ3v) is 5.06. The van der Waals surface area contributed by atoms with Crippen LogP contribution in [-0.2, 0) is 4.79 Å². The number of piperazine rings is 1. The number of benzene rings is 2. The summed E-state index contributed by atoms with van der Waals surface area (Å²) < 4.78 is 14.5. The molecule has 1 unspecified atom stereocenters. The summed E-state index contributed by atoms with van der Waals surface area (Å²) in [6.07, 6.45) is 0. The van der Waals surface area contributed by atoms with E-state index in [0.29, 0.717) is 23.1 Å². The van der Waals surface area contributed by atoms with Crippen LogP contribution in [0.4, 0.5) is 4.39 Å². The molecule has 0 N–H and O–H groups in total. The molecule has 27 heavy (non-hydrogen) atoms. The maximum Gasteiger partial charge on any atom is 0.295 e. The van der Waals surface area contributed by atoms with E-state index < -0.39 is 17.5 Å². The summed E-state index contributed by atoms with van der Waals surface area (Å²) in [6.45, 7) is 2.63. The highest BCUT2D eigenvalue weighted by atomic mass is 79.9. The van der Waals surface area contributed by atoms with Gasteiger partial charge in [-0.05, 0) is 37.3 Å². The van der Waals surface area contributed by atoms with Gasteiger partial charge in [-0.2, -0.15) is 0 Å². The molecule has 0 aliphatic carbocycles. The molecule has 1 saturated heterocycles. The van der Waals surface area contributed by atoms with Crippen LogP contribution >= 0.6 is 15.9 Å². The molecule has 1 heterocycles. The normalized spacial score (nSPS) is 16.9. The van der Waals surface area contributed by atoms with Crippen LogP contribution in [0.25, 0.3) is 0 Å². The lowest BCUT2D eigenvalue weighted by Gasteiger charge is -2.39. The van der Waals surface area contributed by atoms with Gasteiger partial charge in [0.2, 0.25) is 0 Å². The van der Waals surface area contributed by atoms with Crippen molar-refractivity contribution in [2.75, 3.05) is 19.6 Å². The Bertz CT molecular complexity index is 888. The van der Waals surface area contributed by atoms with Crippen molar-refractivity contribution < 1.29 is 18.8 Å².